The number of anilines is 1. The van der Waals surface area contributed by atoms with E-state index in [1.807, 2.05) is 24.0 Å². The number of nitrogens with two attached hydrogens (primary N) is 1. The zero-order valence-electron chi connectivity index (χ0n) is 11.3. The van der Waals surface area contributed by atoms with Crippen LogP contribution in [0.25, 0.3) is 11.3 Å². The Labute approximate surface area is 107 Å². The Balaban J connectivity index is 2.55. The summed E-state index contributed by atoms with van der Waals surface area (Å²) in [4.78, 5) is 8.93. The maximum Gasteiger partial charge on any atom is 0.133 e. The second-order valence-corrected chi connectivity index (χ2v) is 4.68. The minimum atomic E-state index is 0.257. The molecule has 2 rings (SSSR count). The first-order valence-corrected chi connectivity index (χ1v) is 6.19. The van der Waals surface area contributed by atoms with Gasteiger partial charge in [0.05, 0.1) is 11.9 Å². The molecule has 2 heterocycles. The highest BCUT2D eigenvalue weighted by Crippen LogP contribution is 2.25. The van der Waals surface area contributed by atoms with Gasteiger partial charge in [0, 0.05) is 29.8 Å². The van der Waals surface area contributed by atoms with Gasteiger partial charge in [-0.15, -0.1) is 0 Å². The van der Waals surface area contributed by atoms with Crippen molar-refractivity contribution in [2.75, 3.05) is 5.73 Å². The molecule has 2 N–H and O–H groups in total. The van der Waals surface area contributed by atoms with Gasteiger partial charge in [-0.1, -0.05) is 13.8 Å². The zero-order chi connectivity index (χ0) is 13.3. The molecule has 0 aliphatic heterocycles. The van der Waals surface area contributed by atoms with Crippen molar-refractivity contribution in [2.24, 2.45) is 0 Å². The fourth-order valence-electron chi connectivity index (χ4n) is 1.75. The van der Waals surface area contributed by atoms with E-state index < -0.39 is 0 Å². The highest BCUT2D eigenvalue weighted by atomic mass is 15.3. The van der Waals surface area contributed by atoms with Gasteiger partial charge >= 0.3 is 0 Å². The summed E-state index contributed by atoms with van der Waals surface area (Å²) in [7, 11) is 0. The van der Waals surface area contributed by atoms with Gasteiger partial charge in [-0.2, -0.15) is 5.10 Å². The van der Waals surface area contributed by atoms with E-state index in [0.717, 1.165) is 29.2 Å². The summed E-state index contributed by atoms with van der Waals surface area (Å²) >= 11 is 0. The average molecular weight is 245 g/mol. The summed E-state index contributed by atoms with van der Waals surface area (Å²) in [6.45, 7) is 8.96. The molecular formula is C13H19N5. The van der Waals surface area contributed by atoms with Crippen molar-refractivity contribution in [3.63, 3.8) is 0 Å². The summed E-state index contributed by atoms with van der Waals surface area (Å²) in [6, 6.07) is 0. The second-order valence-electron chi connectivity index (χ2n) is 4.68. The van der Waals surface area contributed by atoms with Crippen LogP contribution in [0.3, 0.4) is 0 Å². The molecule has 5 heteroatoms. The third kappa shape index (κ3) is 2.20. The third-order valence-electron chi connectivity index (χ3n) is 2.95. The van der Waals surface area contributed by atoms with Gasteiger partial charge in [0.1, 0.15) is 11.6 Å². The molecule has 96 valence electrons. The largest absolute Gasteiger partial charge is 0.383 e. The Hall–Kier alpha value is -1.91. The standard InChI is InChI=1S/C13H19N5/c1-5-18-7-10(6-15-18)11-9(4)12(14)17-13(16-11)8(2)3/h6-8H,5H2,1-4H3,(H2,14,16,17). The maximum atomic E-state index is 5.96. The Morgan fingerprint density at radius 2 is 2.06 bits per heavy atom. The zero-order valence-corrected chi connectivity index (χ0v) is 11.3. The molecule has 0 atom stereocenters. The molecule has 0 amide bonds. The van der Waals surface area contributed by atoms with Gasteiger partial charge in [0.2, 0.25) is 0 Å². The van der Waals surface area contributed by atoms with Crippen molar-refractivity contribution in [3.05, 3.63) is 23.8 Å². The monoisotopic (exact) mass is 245 g/mol. The molecule has 0 aromatic carbocycles. The van der Waals surface area contributed by atoms with Crippen LogP contribution in [0.4, 0.5) is 5.82 Å². The topological polar surface area (TPSA) is 69.6 Å². The van der Waals surface area contributed by atoms with Gasteiger partial charge in [-0.25, -0.2) is 9.97 Å². The fraction of sp³-hybridized carbons (Fsp3) is 0.462. The van der Waals surface area contributed by atoms with Crippen LogP contribution in [-0.4, -0.2) is 19.7 Å². The predicted molar refractivity (Wildman–Crippen MR) is 72.2 cm³/mol. The molecule has 2 aromatic rings. The van der Waals surface area contributed by atoms with Crippen LogP contribution in [0.5, 0.6) is 0 Å². The Morgan fingerprint density at radius 1 is 1.33 bits per heavy atom. The van der Waals surface area contributed by atoms with E-state index in [4.69, 9.17) is 5.73 Å². The maximum absolute atomic E-state index is 5.96. The molecule has 0 aliphatic rings. The predicted octanol–water partition coefficient (Wildman–Crippen LogP) is 2.37. The van der Waals surface area contributed by atoms with Crippen LogP contribution in [0.15, 0.2) is 12.4 Å². The average Bonchev–Trinajstić information content (AvgIpc) is 2.80. The van der Waals surface area contributed by atoms with Crippen molar-refractivity contribution in [1.29, 1.82) is 0 Å². The third-order valence-corrected chi connectivity index (χ3v) is 2.95. The van der Waals surface area contributed by atoms with Crippen LogP contribution in [0.1, 0.15) is 38.1 Å². The van der Waals surface area contributed by atoms with Crippen molar-refractivity contribution in [3.8, 4) is 11.3 Å². The molecule has 0 radical (unpaired) electrons. The number of hydrogen-bond donors (Lipinski definition) is 1. The molecule has 0 aliphatic carbocycles. The van der Waals surface area contributed by atoms with E-state index in [-0.39, 0.29) is 5.92 Å². The summed E-state index contributed by atoms with van der Waals surface area (Å²) in [5.41, 5.74) is 8.74. The molecule has 0 unspecified atom stereocenters. The van der Waals surface area contributed by atoms with Crippen molar-refractivity contribution in [1.82, 2.24) is 19.7 Å². The first kappa shape index (κ1) is 12.5. The highest BCUT2D eigenvalue weighted by Gasteiger charge is 2.13. The van der Waals surface area contributed by atoms with Gasteiger partial charge in [-0.3, -0.25) is 4.68 Å². The van der Waals surface area contributed by atoms with E-state index in [2.05, 4.69) is 35.8 Å². The minimum absolute atomic E-state index is 0.257. The lowest BCUT2D eigenvalue weighted by molar-refractivity contribution is 0.660. The summed E-state index contributed by atoms with van der Waals surface area (Å²) < 4.78 is 1.88. The molecule has 18 heavy (non-hydrogen) atoms. The number of hydrogen-bond acceptors (Lipinski definition) is 4. The SMILES string of the molecule is CCn1cc(-c2nc(C(C)C)nc(N)c2C)cn1. The van der Waals surface area contributed by atoms with Crippen molar-refractivity contribution >= 4 is 5.82 Å². The lowest BCUT2D eigenvalue weighted by atomic mass is 10.1. The van der Waals surface area contributed by atoms with Gasteiger partial charge in [-0.05, 0) is 13.8 Å². The van der Waals surface area contributed by atoms with Gasteiger partial charge in [0.25, 0.3) is 0 Å². The van der Waals surface area contributed by atoms with E-state index in [1.165, 1.54) is 0 Å². The van der Waals surface area contributed by atoms with E-state index >= 15 is 0 Å². The molecular weight excluding hydrogens is 226 g/mol. The highest BCUT2D eigenvalue weighted by molar-refractivity contribution is 5.66. The Kier molecular flexibility index (Phi) is 3.32. The van der Waals surface area contributed by atoms with Gasteiger partial charge in [0.15, 0.2) is 0 Å². The van der Waals surface area contributed by atoms with E-state index in [0.29, 0.717) is 5.82 Å². The van der Waals surface area contributed by atoms with Gasteiger partial charge < -0.3 is 5.73 Å². The van der Waals surface area contributed by atoms with E-state index in [1.54, 1.807) is 0 Å². The van der Waals surface area contributed by atoms with Crippen LogP contribution < -0.4 is 5.73 Å². The van der Waals surface area contributed by atoms with Crippen LogP contribution >= 0.6 is 0 Å². The smallest absolute Gasteiger partial charge is 0.133 e. The Morgan fingerprint density at radius 3 is 2.61 bits per heavy atom. The molecule has 0 spiro atoms. The molecule has 0 fully saturated rings. The number of aromatic nitrogens is 4. The summed E-state index contributed by atoms with van der Waals surface area (Å²) in [6.07, 6.45) is 3.81. The lowest BCUT2D eigenvalue weighted by Crippen LogP contribution is -2.06. The normalized spacial score (nSPS) is 11.2. The quantitative estimate of drug-likeness (QED) is 0.901. The van der Waals surface area contributed by atoms with Crippen LogP contribution in [0, 0.1) is 6.92 Å². The molecule has 0 saturated heterocycles. The van der Waals surface area contributed by atoms with Crippen LogP contribution in [0.2, 0.25) is 0 Å². The summed E-state index contributed by atoms with van der Waals surface area (Å²) in [5.74, 6) is 1.58. The number of aryl methyl sites for hydroxylation is 1. The second kappa shape index (κ2) is 4.76. The first-order chi connectivity index (χ1) is 8.52. The lowest BCUT2D eigenvalue weighted by Gasteiger charge is -2.10. The molecule has 5 nitrogen and oxygen atoms in total. The fourth-order valence-corrected chi connectivity index (χ4v) is 1.75. The van der Waals surface area contributed by atoms with Crippen molar-refractivity contribution in [2.45, 2.75) is 40.2 Å². The van der Waals surface area contributed by atoms with Crippen molar-refractivity contribution < 1.29 is 0 Å². The summed E-state index contributed by atoms with van der Waals surface area (Å²) in [5, 5.41) is 4.27. The molecule has 0 bridgehead atoms. The number of rotatable bonds is 3. The van der Waals surface area contributed by atoms with Crippen LogP contribution in [-0.2, 0) is 6.54 Å². The first-order valence-electron chi connectivity index (χ1n) is 6.19. The van der Waals surface area contributed by atoms with E-state index in [9.17, 15) is 0 Å². The molecule has 2 aromatic heterocycles. The minimum Gasteiger partial charge on any atom is -0.383 e. The number of nitrogens with zero attached hydrogens (tertiary/aromatic N) is 4. The molecule has 0 saturated carbocycles. The number of nitrogen functional groups attached to an aromatic ring is 1. The Bertz CT molecular complexity index is 557.